The summed E-state index contributed by atoms with van der Waals surface area (Å²) >= 11 is 0. The second-order valence-electron chi connectivity index (χ2n) is 5.43. The van der Waals surface area contributed by atoms with Crippen molar-refractivity contribution in [3.63, 3.8) is 0 Å². The molecule has 114 valence electrons. The maximum atomic E-state index is 12.2. The van der Waals surface area contributed by atoms with E-state index in [4.69, 9.17) is 4.74 Å². The quantitative estimate of drug-likeness (QED) is 0.765. The van der Waals surface area contributed by atoms with E-state index in [0.717, 1.165) is 16.8 Å². The molecule has 0 saturated carbocycles. The van der Waals surface area contributed by atoms with E-state index in [0.29, 0.717) is 25.2 Å². The summed E-state index contributed by atoms with van der Waals surface area (Å²) in [5.41, 5.74) is 3.27. The van der Waals surface area contributed by atoms with Gasteiger partial charge in [0, 0.05) is 24.2 Å². The van der Waals surface area contributed by atoms with Crippen molar-refractivity contribution < 1.29 is 14.6 Å². The number of aliphatic hydroxyl groups is 1. The molecule has 0 saturated heterocycles. The van der Waals surface area contributed by atoms with Crippen LogP contribution in [0.15, 0.2) is 46.6 Å². The third-order valence-electron chi connectivity index (χ3n) is 3.79. The number of amides is 1. The van der Waals surface area contributed by atoms with Crippen LogP contribution in [0.2, 0.25) is 0 Å². The van der Waals surface area contributed by atoms with Gasteiger partial charge in [-0.05, 0) is 5.56 Å². The van der Waals surface area contributed by atoms with Gasteiger partial charge >= 0.3 is 6.09 Å². The number of hydrogen-bond acceptors (Lipinski definition) is 5. The van der Waals surface area contributed by atoms with E-state index >= 15 is 0 Å². The zero-order valence-electron chi connectivity index (χ0n) is 12.5. The van der Waals surface area contributed by atoms with Crippen molar-refractivity contribution in [2.45, 2.75) is 19.3 Å². The molecule has 1 unspecified atom stereocenters. The standard InChI is InChI=1S/C15H18BN3O3/c16-14-17-12-6-7-19(8-11(12)13(20)18-14)15(21)22-9-10-4-2-1-3-5-10/h1-5,13,20H,6-9,16H2,(H,17,18). The first kappa shape index (κ1) is 14.7. The third kappa shape index (κ3) is 3.14. The fourth-order valence-electron chi connectivity index (χ4n) is 2.64. The fourth-order valence-corrected chi connectivity index (χ4v) is 2.64. The van der Waals surface area contributed by atoms with E-state index in [2.05, 4.69) is 10.3 Å². The van der Waals surface area contributed by atoms with Crippen LogP contribution in [0.25, 0.3) is 0 Å². The Hall–Kier alpha value is -2.28. The van der Waals surface area contributed by atoms with Gasteiger partial charge in [-0.25, -0.2) is 4.79 Å². The summed E-state index contributed by atoms with van der Waals surface area (Å²) in [4.78, 5) is 18.1. The predicted octanol–water partition coefficient (Wildman–Crippen LogP) is 0.194. The molecule has 2 aliphatic heterocycles. The molecule has 1 atom stereocenters. The smallest absolute Gasteiger partial charge is 0.410 e. The van der Waals surface area contributed by atoms with Gasteiger partial charge < -0.3 is 20.1 Å². The second kappa shape index (κ2) is 6.23. The molecule has 7 heteroatoms. The summed E-state index contributed by atoms with van der Waals surface area (Å²) < 4.78 is 5.33. The van der Waals surface area contributed by atoms with Crippen LogP contribution < -0.4 is 5.32 Å². The Balaban J connectivity index is 1.61. The van der Waals surface area contributed by atoms with Gasteiger partial charge in [-0.15, -0.1) is 0 Å². The van der Waals surface area contributed by atoms with Gasteiger partial charge in [0.15, 0.2) is 14.1 Å². The van der Waals surface area contributed by atoms with Crippen LogP contribution in [-0.4, -0.2) is 49.0 Å². The maximum absolute atomic E-state index is 12.2. The van der Waals surface area contributed by atoms with Crippen molar-refractivity contribution in [1.29, 1.82) is 0 Å². The van der Waals surface area contributed by atoms with Gasteiger partial charge in [-0.3, -0.25) is 4.99 Å². The number of aliphatic hydroxyl groups excluding tert-OH is 1. The highest BCUT2D eigenvalue weighted by atomic mass is 16.6. The number of aliphatic imine (C=N–C) groups is 1. The van der Waals surface area contributed by atoms with Crippen LogP contribution in [0, 0.1) is 0 Å². The lowest BCUT2D eigenvalue weighted by Gasteiger charge is -2.34. The van der Waals surface area contributed by atoms with Crippen LogP contribution >= 0.6 is 0 Å². The highest BCUT2D eigenvalue weighted by Gasteiger charge is 2.29. The largest absolute Gasteiger partial charge is 0.445 e. The molecule has 3 rings (SSSR count). The molecule has 0 spiro atoms. The molecule has 0 aliphatic carbocycles. The van der Waals surface area contributed by atoms with Crippen molar-refractivity contribution >= 4 is 19.7 Å². The Labute approximate surface area is 129 Å². The van der Waals surface area contributed by atoms with Crippen molar-refractivity contribution in [3.8, 4) is 0 Å². The molecule has 0 radical (unpaired) electrons. The third-order valence-corrected chi connectivity index (χ3v) is 3.79. The number of carbonyl (C=O) groups is 1. The van der Waals surface area contributed by atoms with Crippen molar-refractivity contribution in [2.24, 2.45) is 4.99 Å². The Morgan fingerprint density at radius 2 is 2.23 bits per heavy atom. The molecular formula is C15H18BN3O3. The Morgan fingerprint density at radius 3 is 3.00 bits per heavy atom. The minimum atomic E-state index is -0.780. The molecule has 0 aromatic heterocycles. The first-order chi connectivity index (χ1) is 10.6. The Morgan fingerprint density at radius 1 is 1.45 bits per heavy atom. The molecule has 0 bridgehead atoms. The number of amidine groups is 1. The van der Waals surface area contributed by atoms with Gasteiger partial charge in [0.2, 0.25) is 0 Å². The van der Waals surface area contributed by atoms with Gasteiger partial charge in [-0.2, -0.15) is 0 Å². The summed E-state index contributed by atoms with van der Waals surface area (Å²) in [5, 5.41) is 12.9. The number of nitrogens with zero attached hydrogens (tertiary/aromatic N) is 2. The lowest BCUT2D eigenvalue weighted by Crippen LogP contribution is -2.47. The topological polar surface area (TPSA) is 74.2 Å². The average molecular weight is 299 g/mol. The summed E-state index contributed by atoms with van der Waals surface area (Å²) in [6.07, 6.45) is -0.516. The zero-order chi connectivity index (χ0) is 15.5. The van der Waals surface area contributed by atoms with Crippen LogP contribution in [0.3, 0.4) is 0 Å². The zero-order valence-corrected chi connectivity index (χ0v) is 12.5. The maximum Gasteiger partial charge on any atom is 0.410 e. The number of carbonyl (C=O) groups excluding carboxylic acids is 1. The number of benzene rings is 1. The lowest BCUT2D eigenvalue weighted by atomic mass is 9.99. The van der Waals surface area contributed by atoms with Crippen LogP contribution in [0.5, 0.6) is 0 Å². The SMILES string of the molecule is BC1=NC2=C(CN(C(=O)OCc3ccccc3)CC2)C(O)N1. The molecule has 6 nitrogen and oxygen atoms in total. The van der Waals surface area contributed by atoms with Crippen molar-refractivity contribution in [1.82, 2.24) is 10.2 Å². The van der Waals surface area contributed by atoms with E-state index in [1.807, 2.05) is 38.2 Å². The molecule has 2 aliphatic rings. The molecule has 1 aromatic carbocycles. The fraction of sp³-hybridized carbons (Fsp3) is 0.333. The predicted molar refractivity (Wildman–Crippen MR) is 85.0 cm³/mol. The highest BCUT2D eigenvalue weighted by Crippen LogP contribution is 2.24. The summed E-state index contributed by atoms with van der Waals surface area (Å²) in [5.74, 6) is 0. The van der Waals surface area contributed by atoms with Crippen LogP contribution in [-0.2, 0) is 11.3 Å². The number of ether oxygens (including phenoxy) is 1. The molecular weight excluding hydrogens is 281 g/mol. The number of nitrogens with one attached hydrogen (secondary N) is 1. The highest BCUT2D eigenvalue weighted by molar-refractivity contribution is 6.59. The van der Waals surface area contributed by atoms with E-state index in [-0.39, 0.29) is 12.7 Å². The van der Waals surface area contributed by atoms with Gasteiger partial charge in [0.25, 0.3) is 0 Å². The van der Waals surface area contributed by atoms with Gasteiger partial charge in [-0.1, -0.05) is 30.3 Å². The monoisotopic (exact) mass is 299 g/mol. The minimum absolute atomic E-state index is 0.250. The number of hydrogen-bond donors (Lipinski definition) is 2. The molecule has 1 aromatic rings. The first-order valence-corrected chi connectivity index (χ1v) is 7.31. The minimum Gasteiger partial charge on any atom is -0.445 e. The van der Waals surface area contributed by atoms with Crippen molar-refractivity contribution in [2.75, 3.05) is 13.1 Å². The molecule has 2 N–H and O–H groups in total. The summed E-state index contributed by atoms with van der Waals surface area (Å²) in [6, 6.07) is 9.56. The van der Waals surface area contributed by atoms with Crippen LogP contribution in [0.4, 0.5) is 4.79 Å². The molecule has 0 fully saturated rings. The van der Waals surface area contributed by atoms with E-state index < -0.39 is 6.23 Å². The Kier molecular flexibility index (Phi) is 4.15. The van der Waals surface area contributed by atoms with E-state index in [9.17, 15) is 9.90 Å². The Bertz CT molecular complexity index is 630. The normalized spacial score (nSPS) is 20.9. The molecule has 22 heavy (non-hydrogen) atoms. The first-order valence-electron chi connectivity index (χ1n) is 7.31. The van der Waals surface area contributed by atoms with Crippen molar-refractivity contribution in [3.05, 3.63) is 47.2 Å². The molecule has 1 amide bonds. The average Bonchev–Trinajstić information content (AvgIpc) is 2.53. The van der Waals surface area contributed by atoms with E-state index in [1.165, 1.54) is 0 Å². The second-order valence-corrected chi connectivity index (χ2v) is 5.43. The van der Waals surface area contributed by atoms with Gasteiger partial charge in [0.05, 0.1) is 12.3 Å². The summed E-state index contributed by atoms with van der Waals surface area (Å²) in [6.45, 7) is 1.14. The van der Waals surface area contributed by atoms with Crippen LogP contribution in [0.1, 0.15) is 12.0 Å². The molecule has 2 heterocycles. The van der Waals surface area contributed by atoms with E-state index in [1.54, 1.807) is 4.90 Å². The lowest BCUT2D eigenvalue weighted by molar-refractivity contribution is 0.0923. The summed E-state index contributed by atoms with van der Waals surface area (Å²) in [7, 11) is 1.81. The van der Waals surface area contributed by atoms with Gasteiger partial charge in [0.1, 0.15) is 6.61 Å². The number of rotatable bonds is 2.